The zero-order valence-corrected chi connectivity index (χ0v) is 11.1. The van der Waals surface area contributed by atoms with Crippen molar-refractivity contribution in [1.29, 1.82) is 0 Å². The molecule has 0 aromatic heterocycles. The SMILES string of the molecule is CC(N)C1CCCCN1C1CN2CCC1CC2. The monoisotopic (exact) mass is 237 g/mol. The standard InChI is InChI=1S/C14H27N3/c1-11(15)13-4-2-3-7-17(13)14-10-16-8-5-12(14)6-9-16/h11-14H,2-10,15H2,1H3. The van der Waals surface area contributed by atoms with Crippen LogP contribution in [-0.2, 0) is 0 Å². The summed E-state index contributed by atoms with van der Waals surface area (Å²) in [5, 5.41) is 0. The highest BCUT2D eigenvalue weighted by atomic mass is 15.3. The van der Waals surface area contributed by atoms with Crippen LogP contribution in [-0.4, -0.2) is 54.1 Å². The first-order valence-electron chi connectivity index (χ1n) is 7.49. The van der Waals surface area contributed by atoms with Crippen LogP contribution in [0.25, 0.3) is 0 Å². The van der Waals surface area contributed by atoms with Gasteiger partial charge < -0.3 is 10.6 Å². The van der Waals surface area contributed by atoms with E-state index in [0.717, 1.165) is 12.0 Å². The lowest BCUT2D eigenvalue weighted by atomic mass is 9.81. The molecular weight excluding hydrogens is 210 g/mol. The second kappa shape index (κ2) is 4.87. The second-order valence-corrected chi connectivity index (χ2v) is 6.37. The normalized spacial score (nSPS) is 44.8. The van der Waals surface area contributed by atoms with Gasteiger partial charge in [0.1, 0.15) is 0 Å². The van der Waals surface area contributed by atoms with E-state index in [1.165, 1.54) is 58.3 Å². The minimum Gasteiger partial charge on any atom is -0.327 e. The van der Waals surface area contributed by atoms with Crippen LogP contribution in [0.3, 0.4) is 0 Å². The van der Waals surface area contributed by atoms with E-state index in [9.17, 15) is 0 Å². The Labute approximate surface area is 105 Å². The van der Waals surface area contributed by atoms with E-state index in [1.54, 1.807) is 0 Å². The van der Waals surface area contributed by atoms with Gasteiger partial charge >= 0.3 is 0 Å². The van der Waals surface area contributed by atoms with Crippen LogP contribution >= 0.6 is 0 Å². The summed E-state index contributed by atoms with van der Waals surface area (Å²) in [6.45, 7) is 7.50. The maximum atomic E-state index is 6.21. The number of piperidine rings is 4. The summed E-state index contributed by atoms with van der Waals surface area (Å²) < 4.78 is 0. The average Bonchev–Trinajstić information content (AvgIpc) is 2.40. The van der Waals surface area contributed by atoms with E-state index >= 15 is 0 Å². The van der Waals surface area contributed by atoms with Crippen molar-refractivity contribution in [2.24, 2.45) is 11.7 Å². The van der Waals surface area contributed by atoms with Crippen LogP contribution < -0.4 is 5.73 Å². The van der Waals surface area contributed by atoms with E-state index in [0.29, 0.717) is 12.1 Å². The summed E-state index contributed by atoms with van der Waals surface area (Å²) in [6, 6.07) is 1.80. The van der Waals surface area contributed by atoms with Crippen molar-refractivity contribution in [3.05, 3.63) is 0 Å². The number of nitrogens with zero attached hydrogens (tertiary/aromatic N) is 2. The molecule has 4 heterocycles. The molecule has 4 rings (SSSR count). The molecule has 0 aromatic rings. The van der Waals surface area contributed by atoms with Crippen LogP contribution in [0.15, 0.2) is 0 Å². The molecule has 2 N–H and O–H groups in total. The smallest absolute Gasteiger partial charge is 0.0255 e. The molecule has 2 bridgehead atoms. The summed E-state index contributed by atoms with van der Waals surface area (Å²) in [5.74, 6) is 0.958. The lowest BCUT2D eigenvalue weighted by Crippen LogP contribution is -2.62. The molecule has 4 fully saturated rings. The quantitative estimate of drug-likeness (QED) is 0.785. The number of hydrogen-bond donors (Lipinski definition) is 1. The van der Waals surface area contributed by atoms with Gasteiger partial charge in [-0.25, -0.2) is 0 Å². The van der Waals surface area contributed by atoms with Crippen LogP contribution in [0.1, 0.15) is 39.0 Å². The Morgan fingerprint density at radius 2 is 1.82 bits per heavy atom. The van der Waals surface area contributed by atoms with Gasteiger partial charge in [0.05, 0.1) is 0 Å². The molecular formula is C14H27N3. The summed E-state index contributed by atoms with van der Waals surface area (Å²) in [4.78, 5) is 5.45. The minimum atomic E-state index is 0.339. The molecule has 3 atom stereocenters. The van der Waals surface area contributed by atoms with Crippen LogP contribution in [0.2, 0.25) is 0 Å². The fourth-order valence-corrected chi connectivity index (χ4v) is 4.27. The van der Waals surface area contributed by atoms with Crippen LogP contribution in [0.5, 0.6) is 0 Å². The summed E-state index contributed by atoms with van der Waals surface area (Å²) >= 11 is 0. The van der Waals surface area contributed by atoms with Crippen molar-refractivity contribution in [3.8, 4) is 0 Å². The van der Waals surface area contributed by atoms with Gasteiger partial charge in [-0.05, 0) is 58.2 Å². The number of hydrogen-bond acceptors (Lipinski definition) is 3. The molecule has 0 aromatic carbocycles. The second-order valence-electron chi connectivity index (χ2n) is 6.37. The van der Waals surface area contributed by atoms with E-state index in [2.05, 4.69) is 16.7 Å². The predicted molar refractivity (Wildman–Crippen MR) is 70.9 cm³/mol. The summed E-state index contributed by atoms with van der Waals surface area (Å²) in [7, 11) is 0. The largest absolute Gasteiger partial charge is 0.327 e. The first kappa shape index (κ1) is 11.9. The van der Waals surface area contributed by atoms with Crippen LogP contribution in [0.4, 0.5) is 0 Å². The van der Waals surface area contributed by atoms with Crippen molar-refractivity contribution in [1.82, 2.24) is 9.80 Å². The third kappa shape index (κ3) is 2.25. The van der Waals surface area contributed by atoms with E-state index in [1.807, 2.05) is 0 Å². The van der Waals surface area contributed by atoms with Gasteiger partial charge in [-0.15, -0.1) is 0 Å². The molecule has 0 saturated carbocycles. The van der Waals surface area contributed by atoms with Gasteiger partial charge in [-0.3, -0.25) is 4.90 Å². The Morgan fingerprint density at radius 3 is 2.41 bits per heavy atom. The Hall–Kier alpha value is -0.120. The predicted octanol–water partition coefficient (Wildman–Crippen LogP) is 1.28. The zero-order valence-electron chi connectivity index (χ0n) is 11.1. The van der Waals surface area contributed by atoms with Gasteiger partial charge in [-0.1, -0.05) is 6.42 Å². The highest BCUT2D eigenvalue weighted by Gasteiger charge is 2.40. The maximum Gasteiger partial charge on any atom is 0.0255 e. The maximum absolute atomic E-state index is 6.21. The zero-order chi connectivity index (χ0) is 11.8. The molecule has 3 unspecified atom stereocenters. The first-order chi connectivity index (χ1) is 8.25. The van der Waals surface area contributed by atoms with Gasteiger partial charge in [0.2, 0.25) is 0 Å². The van der Waals surface area contributed by atoms with Crippen molar-refractivity contribution >= 4 is 0 Å². The van der Waals surface area contributed by atoms with Gasteiger partial charge in [0.25, 0.3) is 0 Å². The molecule has 0 aliphatic carbocycles. The Morgan fingerprint density at radius 1 is 1.06 bits per heavy atom. The van der Waals surface area contributed by atoms with Crippen molar-refractivity contribution < 1.29 is 0 Å². The van der Waals surface area contributed by atoms with Crippen LogP contribution in [0, 0.1) is 5.92 Å². The molecule has 0 amide bonds. The highest BCUT2D eigenvalue weighted by Crippen LogP contribution is 2.34. The number of rotatable bonds is 2. The Bertz CT molecular complexity index is 258. The molecule has 0 spiro atoms. The number of fused-ring (bicyclic) bond motifs is 3. The van der Waals surface area contributed by atoms with Crippen molar-refractivity contribution in [3.63, 3.8) is 0 Å². The molecule has 3 nitrogen and oxygen atoms in total. The van der Waals surface area contributed by atoms with Gasteiger partial charge in [0, 0.05) is 24.7 Å². The summed E-state index contributed by atoms with van der Waals surface area (Å²) in [6.07, 6.45) is 6.93. The average molecular weight is 237 g/mol. The molecule has 4 saturated heterocycles. The lowest BCUT2D eigenvalue weighted by molar-refractivity contribution is -0.0306. The molecule has 4 aliphatic rings. The fraction of sp³-hybridized carbons (Fsp3) is 1.00. The fourth-order valence-electron chi connectivity index (χ4n) is 4.27. The number of nitrogens with two attached hydrogens (primary N) is 1. The number of likely N-dealkylation sites (tertiary alicyclic amines) is 1. The molecule has 98 valence electrons. The molecule has 3 heteroatoms. The lowest BCUT2D eigenvalue weighted by Gasteiger charge is -2.53. The van der Waals surface area contributed by atoms with E-state index in [4.69, 9.17) is 5.73 Å². The minimum absolute atomic E-state index is 0.339. The third-order valence-corrected chi connectivity index (χ3v) is 5.25. The molecule has 17 heavy (non-hydrogen) atoms. The van der Waals surface area contributed by atoms with Gasteiger partial charge in [-0.2, -0.15) is 0 Å². The van der Waals surface area contributed by atoms with Gasteiger partial charge in [0.15, 0.2) is 0 Å². The van der Waals surface area contributed by atoms with E-state index in [-0.39, 0.29) is 0 Å². The molecule has 0 radical (unpaired) electrons. The molecule has 4 aliphatic heterocycles. The Kier molecular flexibility index (Phi) is 3.42. The van der Waals surface area contributed by atoms with Crippen molar-refractivity contribution in [2.75, 3.05) is 26.2 Å². The van der Waals surface area contributed by atoms with E-state index < -0.39 is 0 Å². The first-order valence-corrected chi connectivity index (χ1v) is 7.49. The van der Waals surface area contributed by atoms with Crippen molar-refractivity contribution in [2.45, 2.75) is 57.2 Å². The Balaban J connectivity index is 1.73. The highest BCUT2D eigenvalue weighted by molar-refractivity contribution is 4.97. The topological polar surface area (TPSA) is 32.5 Å². The third-order valence-electron chi connectivity index (χ3n) is 5.25. The summed E-state index contributed by atoms with van der Waals surface area (Å²) in [5.41, 5.74) is 6.21.